The highest BCUT2D eigenvalue weighted by molar-refractivity contribution is 14.1. The van der Waals surface area contributed by atoms with Crippen LogP contribution in [-0.4, -0.2) is 19.2 Å². The Labute approximate surface area is 102 Å². The molecule has 80 valence electrons. The minimum atomic E-state index is -0.429. The van der Waals surface area contributed by atoms with Gasteiger partial charge in [0.1, 0.15) is 19.0 Å². The Balaban J connectivity index is 2.23. The van der Waals surface area contributed by atoms with Crippen molar-refractivity contribution >= 4 is 28.6 Å². The van der Waals surface area contributed by atoms with E-state index in [-0.39, 0.29) is 6.61 Å². The van der Waals surface area contributed by atoms with E-state index in [0.29, 0.717) is 6.61 Å². The fraction of sp³-hybridized carbons (Fsp3) is 0.182. The number of hydrogen-bond acceptors (Lipinski definition) is 3. The maximum absolute atomic E-state index is 10.7. The molecule has 0 saturated heterocycles. The van der Waals surface area contributed by atoms with Crippen molar-refractivity contribution in [2.75, 3.05) is 13.2 Å². The van der Waals surface area contributed by atoms with Gasteiger partial charge in [-0.3, -0.25) is 0 Å². The predicted octanol–water partition coefficient (Wildman–Crippen LogP) is 2.40. The van der Waals surface area contributed by atoms with E-state index in [4.69, 9.17) is 9.47 Å². The van der Waals surface area contributed by atoms with Crippen molar-refractivity contribution in [3.05, 3.63) is 40.5 Å². The summed E-state index contributed by atoms with van der Waals surface area (Å²) in [5, 5.41) is 0. The smallest absolute Gasteiger partial charge is 0.330 e. The standard InChI is InChI=1S/C11H11IO3/c1-2-11(13)15-8-7-14-10-5-3-9(12)4-6-10/h2-6H,1,7-8H2. The first-order valence-corrected chi connectivity index (χ1v) is 5.48. The normalized spacial score (nSPS) is 9.40. The first kappa shape index (κ1) is 12.0. The van der Waals surface area contributed by atoms with E-state index < -0.39 is 5.97 Å². The third-order valence-electron chi connectivity index (χ3n) is 1.58. The van der Waals surface area contributed by atoms with Gasteiger partial charge >= 0.3 is 5.97 Å². The molecule has 0 aliphatic rings. The second-order valence-electron chi connectivity index (χ2n) is 2.67. The summed E-state index contributed by atoms with van der Waals surface area (Å²) < 4.78 is 11.2. The van der Waals surface area contributed by atoms with Gasteiger partial charge in [-0.1, -0.05) is 6.58 Å². The molecule has 0 fully saturated rings. The largest absolute Gasteiger partial charge is 0.490 e. The lowest BCUT2D eigenvalue weighted by Crippen LogP contribution is -2.10. The van der Waals surface area contributed by atoms with Gasteiger partial charge in [-0.05, 0) is 46.9 Å². The van der Waals surface area contributed by atoms with Crippen molar-refractivity contribution in [2.24, 2.45) is 0 Å². The maximum atomic E-state index is 10.7. The molecule has 0 spiro atoms. The zero-order valence-electron chi connectivity index (χ0n) is 8.11. The van der Waals surface area contributed by atoms with Crippen molar-refractivity contribution in [3.63, 3.8) is 0 Å². The summed E-state index contributed by atoms with van der Waals surface area (Å²) in [6.45, 7) is 3.87. The minimum Gasteiger partial charge on any atom is -0.490 e. The van der Waals surface area contributed by atoms with Gasteiger partial charge in [-0.25, -0.2) is 4.79 Å². The molecule has 0 aliphatic heterocycles. The topological polar surface area (TPSA) is 35.5 Å². The molecule has 0 heterocycles. The van der Waals surface area contributed by atoms with Crippen LogP contribution in [-0.2, 0) is 9.53 Å². The molecule has 0 radical (unpaired) electrons. The highest BCUT2D eigenvalue weighted by Gasteiger charge is 1.96. The van der Waals surface area contributed by atoms with Crippen LogP contribution in [0.5, 0.6) is 5.75 Å². The SMILES string of the molecule is C=CC(=O)OCCOc1ccc(I)cc1. The second kappa shape index (κ2) is 6.44. The Morgan fingerprint density at radius 1 is 1.33 bits per heavy atom. The zero-order chi connectivity index (χ0) is 11.1. The van der Waals surface area contributed by atoms with Crippen molar-refractivity contribution in [2.45, 2.75) is 0 Å². The van der Waals surface area contributed by atoms with Crippen LogP contribution < -0.4 is 4.74 Å². The zero-order valence-corrected chi connectivity index (χ0v) is 10.3. The van der Waals surface area contributed by atoms with Crippen LogP contribution >= 0.6 is 22.6 Å². The van der Waals surface area contributed by atoms with Crippen LogP contribution in [0, 0.1) is 3.57 Å². The first-order chi connectivity index (χ1) is 7.22. The molecular formula is C11H11IO3. The molecule has 1 aromatic rings. The van der Waals surface area contributed by atoms with Crippen molar-refractivity contribution in [1.29, 1.82) is 0 Å². The summed E-state index contributed by atoms with van der Waals surface area (Å²) in [5.74, 6) is 0.339. The molecule has 4 heteroatoms. The number of ether oxygens (including phenoxy) is 2. The van der Waals surface area contributed by atoms with E-state index in [1.807, 2.05) is 24.3 Å². The van der Waals surface area contributed by atoms with E-state index >= 15 is 0 Å². The number of rotatable bonds is 5. The summed E-state index contributed by atoms with van der Waals surface area (Å²) in [5.41, 5.74) is 0. The summed E-state index contributed by atoms with van der Waals surface area (Å²) in [4.78, 5) is 10.7. The maximum Gasteiger partial charge on any atom is 0.330 e. The molecule has 0 unspecified atom stereocenters. The molecule has 0 atom stereocenters. The molecule has 0 N–H and O–H groups in total. The Kier molecular flexibility index (Phi) is 5.17. The summed E-state index contributed by atoms with van der Waals surface area (Å²) in [6, 6.07) is 7.64. The van der Waals surface area contributed by atoms with Crippen LogP contribution in [0.1, 0.15) is 0 Å². The molecule has 3 nitrogen and oxygen atoms in total. The Bertz CT molecular complexity index is 332. The summed E-state index contributed by atoms with van der Waals surface area (Å²) in [7, 11) is 0. The molecule has 0 saturated carbocycles. The average molecular weight is 318 g/mol. The summed E-state index contributed by atoms with van der Waals surface area (Å²) in [6.07, 6.45) is 1.13. The minimum absolute atomic E-state index is 0.233. The Morgan fingerprint density at radius 2 is 2.00 bits per heavy atom. The third kappa shape index (κ3) is 4.83. The Morgan fingerprint density at radius 3 is 2.60 bits per heavy atom. The quantitative estimate of drug-likeness (QED) is 0.362. The lowest BCUT2D eigenvalue weighted by Gasteiger charge is -2.05. The average Bonchev–Trinajstić information content (AvgIpc) is 2.26. The van der Waals surface area contributed by atoms with E-state index in [1.54, 1.807) is 0 Å². The highest BCUT2D eigenvalue weighted by Crippen LogP contribution is 2.13. The fourth-order valence-electron chi connectivity index (χ4n) is 0.892. The molecule has 15 heavy (non-hydrogen) atoms. The second-order valence-corrected chi connectivity index (χ2v) is 3.92. The molecular weight excluding hydrogens is 307 g/mol. The van der Waals surface area contributed by atoms with Gasteiger partial charge in [0.05, 0.1) is 0 Å². The van der Waals surface area contributed by atoms with Crippen LogP contribution in [0.2, 0.25) is 0 Å². The highest BCUT2D eigenvalue weighted by atomic mass is 127. The van der Waals surface area contributed by atoms with Crippen molar-refractivity contribution in [1.82, 2.24) is 0 Å². The Hall–Kier alpha value is -1.04. The third-order valence-corrected chi connectivity index (χ3v) is 2.30. The predicted molar refractivity (Wildman–Crippen MR) is 65.8 cm³/mol. The van der Waals surface area contributed by atoms with E-state index in [0.717, 1.165) is 15.4 Å². The lowest BCUT2D eigenvalue weighted by molar-refractivity contribution is -0.138. The molecule has 0 aliphatic carbocycles. The van der Waals surface area contributed by atoms with Crippen molar-refractivity contribution in [3.8, 4) is 5.75 Å². The lowest BCUT2D eigenvalue weighted by atomic mass is 10.3. The van der Waals surface area contributed by atoms with Crippen LogP contribution in [0.15, 0.2) is 36.9 Å². The van der Waals surface area contributed by atoms with Crippen LogP contribution in [0.25, 0.3) is 0 Å². The van der Waals surface area contributed by atoms with Crippen LogP contribution in [0.4, 0.5) is 0 Å². The molecule has 0 aromatic heterocycles. The molecule has 0 amide bonds. The number of halogens is 1. The number of hydrogen-bond donors (Lipinski definition) is 0. The molecule has 1 aromatic carbocycles. The van der Waals surface area contributed by atoms with Crippen molar-refractivity contribution < 1.29 is 14.3 Å². The number of carbonyl (C=O) groups excluding carboxylic acids is 1. The summed E-state index contributed by atoms with van der Waals surface area (Å²) >= 11 is 2.22. The van der Waals surface area contributed by atoms with Gasteiger partial charge < -0.3 is 9.47 Å². The van der Waals surface area contributed by atoms with E-state index in [2.05, 4.69) is 29.2 Å². The molecule has 1 rings (SSSR count). The fourth-order valence-corrected chi connectivity index (χ4v) is 1.25. The van der Waals surface area contributed by atoms with Crippen LogP contribution in [0.3, 0.4) is 0 Å². The van der Waals surface area contributed by atoms with Gasteiger partial charge in [-0.15, -0.1) is 0 Å². The number of carbonyl (C=O) groups is 1. The number of benzene rings is 1. The van der Waals surface area contributed by atoms with E-state index in [9.17, 15) is 4.79 Å². The molecule has 0 bridgehead atoms. The van der Waals surface area contributed by atoms with Gasteiger partial charge in [0.15, 0.2) is 0 Å². The van der Waals surface area contributed by atoms with E-state index in [1.165, 1.54) is 0 Å². The number of esters is 1. The monoisotopic (exact) mass is 318 g/mol. The first-order valence-electron chi connectivity index (χ1n) is 4.40. The van der Waals surface area contributed by atoms with Gasteiger partial charge in [0, 0.05) is 9.65 Å². The van der Waals surface area contributed by atoms with Gasteiger partial charge in [0.25, 0.3) is 0 Å². The van der Waals surface area contributed by atoms with Gasteiger partial charge in [-0.2, -0.15) is 0 Å². The van der Waals surface area contributed by atoms with Gasteiger partial charge in [0.2, 0.25) is 0 Å².